The van der Waals surface area contributed by atoms with Gasteiger partial charge in [-0.3, -0.25) is 43.7 Å². The van der Waals surface area contributed by atoms with Gasteiger partial charge in [0.2, 0.25) is 23.9 Å². The van der Waals surface area contributed by atoms with E-state index in [1.165, 1.54) is 24.3 Å². The van der Waals surface area contributed by atoms with E-state index in [0.717, 1.165) is 11.3 Å². The molecule has 4 aromatic rings. The Balaban J connectivity index is 0.710. The van der Waals surface area contributed by atoms with Crippen molar-refractivity contribution in [2.45, 2.75) is 103 Å². The van der Waals surface area contributed by atoms with E-state index in [-0.39, 0.29) is 78.5 Å². The van der Waals surface area contributed by atoms with Crippen LogP contribution in [0.4, 0.5) is 22.0 Å². The van der Waals surface area contributed by atoms with Crippen LogP contribution in [-0.2, 0) is 38.7 Å². The van der Waals surface area contributed by atoms with Gasteiger partial charge in [-0.1, -0.05) is 39.0 Å². The molecule has 0 radical (unpaired) electrons. The second-order valence-corrected chi connectivity index (χ2v) is 20.1. The summed E-state index contributed by atoms with van der Waals surface area (Å²) in [5.74, 6) is -1.91. The predicted molar refractivity (Wildman–Crippen MR) is 284 cm³/mol. The molecule has 3 aliphatic rings. The van der Waals surface area contributed by atoms with Crippen LogP contribution in [0.1, 0.15) is 106 Å². The van der Waals surface area contributed by atoms with E-state index in [4.69, 9.17) is 18.9 Å². The molecule has 3 atom stereocenters. The number of nitrogens with zero attached hydrogens (tertiary/aromatic N) is 6. The van der Waals surface area contributed by atoms with E-state index in [1.807, 2.05) is 38.1 Å². The standard InChI is InChI=1S/C53H72N12O12/c1-33(2)63(23-9-21-57-52(73)61-35-14-12-34(13-15-35)53(3,4)5)30-39-44(68)45(69)51(77-39)64-32-60-43-46(58-31-59-47(43)64)56-20-7-6-19-55-40(66)18-24-74-26-28-76-29-27-75-25-22-54-37-11-8-10-36-42(37)50(72)65(49(36)71)38-16-17-41(67)62-48(38)70/h8,10-15,31-33,38,45,51,54,68-69H,6-7,9,16-30H2,1-5H3,(H,55,66)(H,56,58,59)(H2,57,61,73)(H,62,67,70)/t38?,45?,51-/m1/s1. The number of piperidine rings is 1. The number of nitrogens with one attached hydrogen (secondary N) is 6. The highest BCUT2D eigenvalue weighted by atomic mass is 16.5. The van der Waals surface area contributed by atoms with Crippen LogP contribution < -0.4 is 31.9 Å². The number of amides is 7. The molecule has 77 heavy (non-hydrogen) atoms. The maximum Gasteiger partial charge on any atom is 0.319 e. The van der Waals surface area contributed by atoms with E-state index in [0.29, 0.717) is 107 Å². The molecule has 416 valence electrons. The van der Waals surface area contributed by atoms with Gasteiger partial charge in [-0.25, -0.2) is 19.7 Å². The van der Waals surface area contributed by atoms with E-state index in [9.17, 15) is 39.0 Å². The van der Waals surface area contributed by atoms with Crippen LogP contribution in [0.5, 0.6) is 0 Å². The highest BCUT2D eigenvalue weighted by molar-refractivity contribution is 6.25. The molecule has 1 saturated heterocycles. The fourth-order valence-corrected chi connectivity index (χ4v) is 8.88. The van der Waals surface area contributed by atoms with Crippen molar-refractivity contribution in [2.24, 2.45) is 0 Å². The molecule has 2 unspecified atom stereocenters. The Kier molecular flexibility index (Phi) is 20.3. The van der Waals surface area contributed by atoms with Crippen LogP contribution in [0.15, 0.2) is 66.6 Å². The second kappa shape index (κ2) is 27.2. The number of carbonyl (C=O) groups is 6. The summed E-state index contributed by atoms with van der Waals surface area (Å²) in [5.41, 5.74) is 3.61. The highest BCUT2D eigenvalue weighted by Gasteiger charge is 2.46. The van der Waals surface area contributed by atoms with Gasteiger partial charge in [0.1, 0.15) is 18.7 Å². The molecule has 3 aliphatic heterocycles. The smallest absolute Gasteiger partial charge is 0.319 e. The van der Waals surface area contributed by atoms with E-state index >= 15 is 0 Å². The van der Waals surface area contributed by atoms with Gasteiger partial charge in [-0.05, 0) is 74.8 Å². The van der Waals surface area contributed by atoms with Crippen molar-refractivity contribution < 1.29 is 57.9 Å². The zero-order valence-electron chi connectivity index (χ0n) is 44.4. The molecule has 24 nitrogen and oxygen atoms in total. The first kappa shape index (κ1) is 57.5. The number of fused-ring (bicyclic) bond motifs is 2. The van der Waals surface area contributed by atoms with Gasteiger partial charge in [-0.15, -0.1) is 0 Å². The van der Waals surface area contributed by atoms with Crippen molar-refractivity contribution in [3.63, 3.8) is 0 Å². The molecule has 5 heterocycles. The van der Waals surface area contributed by atoms with Crippen molar-refractivity contribution >= 4 is 63.9 Å². The Bertz CT molecular complexity index is 2740. The fourth-order valence-electron chi connectivity index (χ4n) is 8.88. The normalized spacial score (nSPS) is 17.6. The SMILES string of the molecule is CC(C)N(CCCNC(=O)Nc1ccc(C(C)(C)C)cc1)CC1=C(O)C(O)[C@H](n2cnc3c(NCCCCNC(=O)CCOCCOCCOCCNc4cccc5c4C(=O)N(C4CCC(=O)NC4=O)C5=O)ncnc32)O1. The van der Waals surface area contributed by atoms with Gasteiger partial charge in [0.25, 0.3) is 11.8 Å². The number of aromatic nitrogens is 4. The first-order chi connectivity index (χ1) is 37.0. The minimum atomic E-state index is -1.36. The molecular weight excluding hydrogens is 997 g/mol. The zero-order chi connectivity index (χ0) is 55.1. The van der Waals surface area contributed by atoms with Crippen LogP contribution in [0, 0.1) is 0 Å². The summed E-state index contributed by atoms with van der Waals surface area (Å²) in [7, 11) is 0. The average molecular weight is 1070 g/mol. The predicted octanol–water partition coefficient (Wildman–Crippen LogP) is 3.97. The molecule has 0 aliphatic carbocycles. The van der Waals surface area contributed by atoms with Crippen LogP contribution in [0.2, 0.25) is 0 Å². The molecular formula is C53H72N12O12. The van der Waals surface area contributed by atoms with Crippen molar-refractivity contribution in [2.75, 3.05) is 94.9 Å². The summed E-state index contributed by atoms with van der Waals surface area (Å²) in [6.07, 6.45) is 2.90. The van der Waals surface area contributed by atoms with Gasteiger partial charge in [0, 0.05) is 63.0 Å². The number of ether oxygens (including phenoxy) is 4. The van der Waals surface area contributed by atoms with Crippen LogP contribution >= 0.6 is 0 Å². The summed E-state index contributed by atoms with van der Waals surface area (Å²) >= 11 is 0. The summed E-state index contributed by atoms with van der Waals surface area (Å²) in [6.45, 7) is 14.9. The Morgan fingerprint density at radius 3 is 2.30 bits per heavy atom. The Labute approximate surface area is 447 Å². The number of unbranched alkanes of at least 4 members (excludes halogenated alkanes) is 1. The molecule has 2 aromatic carbocycles. The number of imidazole rings is 1. The lowest BCUT2D eigenvalue weighted by Gasteiger charge is -2.27. The average Bonchev–Trinajstić information content (AvgIpc) is 4.03. The fraction of sp³-hybridized carbons (Fsp3) is 0.528. The lowest BCUT2D eigenvalue weighted by molar-refractivity contribution is -0.136. The molecule has 0 saturated carbocycles. The third kappa shape index (κ3) is 15.2. The topological polar surface area (TPSA) is 302 Å². The largest absolute Gasteiger partial charge is 0.506 e. The minimum Gasteiger partial charge on any atom is -0.506 e. The lowest BCUT2D eigenvalue weighted by atomic mass is 9.87. The molecule has 24 heteroatoms. The molecule has 0 spiro atoms. The number of aliphatic hydroxyl groups is 2. The van der Waals surface area contributed by atoms with Crippen molar-refractivity contribution in [3.8, 4) is 0 Å². The first-order valence-electron chi connectivity index (χ1n) is 26.2. The molecule has 7 amide bonds. The highest BCUT2D eigenvalue weighted by Crippen LogP contribution is 2.35. The number of hydrogen-bond acceptors (Lipinski definition) is 18. The Morgan fingerprint density at radius 1 is 0.857 bits per heavy atom. The van der Waals surface area contributed by atoms with Crippen LogP contribution in [-0.4, -0.2) is 172 Å². The van der Waals surface area contributed by atoms with Crippen molar-refractivity contribution in [1.82, 2.24) is 45.3 Å². The van der Waals surface area contributed by atoms with E-state index in [1.54, 1.807) is 16.7 Å². The van der Waals surface area contributed by atoms with Gasteiger partial charge >= 0.3 is 6.03 Å². The molecule has 8 N–H and O–H groups in total. The number of anilines is 3. The van der Waals surface area contributed by atoms with E-state index in [2.05, 4.69) is 72.5 Å². The van der Waals surface area contributed by atoms with E-state index < -0.39 is 42.0 Å². The maximum atomic E-state index is 13.2. The summed E-state index contributed by atoms with van der Waals surface area (Å²) in [5, 5.41) is 39.4. The van der Waals surface area contributed by atoms with Crippen molar-refractivity contribution in [3.05, 3.63) is 83.3 Å². The number of carbonyl (C=O) groups excluding carboxylic acids is 6. The number of benzene rings is 2. The number of rotatable bonds is 29. The summed E-state index contributed by atoms with van der Waals surface area (Å²) < 4.78 is 24.5. The van der Waals surface area contributed by atoms with Gasteiger partial charge in [0.05, 0.1) is 57.3 Å². The Morgan fingerprint density at radius 2 is 1.57 bits per heavy atom. The van der Waals surface area contributed by atoms with Crippen molar-refractivity contribution in [1.29, 1.82) is 0 Å². The monoisotopic (exact) mass is 1070 g/mol. The summed E-state index contributed by atoms with van der Waals surface area (Å²) in [4.78, 5) is 91.5. The van der Waals surface area contributed by atoms with Gasteiger partial charge in [-0.2, -0.15) is 0 Å². The van der Waals surface area contributed by atoms with Crippen LogP contribution in [0.25, 0.3) is 11.2 Å². The lowest BCUT2D eigenvalue weighted by Crippen LogP contribution is -2.54. The maximum absolute atomic E-state index is 13.2. The third-order valence-corrected chi connectivity index (χ3v) is 13.2. The van der Waals surface area contributed by atoms with Crippen LogP contribution in [0.3, 0.4) is 0 Å². The Hall–Kier alpha value is -7.25. The number of urea groups is 1. The number of imide groups is 2. The van der Waals surface area contributed by atoms with Gasteiger partial charge < -0.3 is 55.7 Å². The molecule has 1 fully saturated rings. The number of aliphatic hydroxyl groups excluding tert-OH is 2. The first-order valence-corrected chi connectivity index (χ1v) is 26.2. The minimum absolute atomic E-state index is 0.0187. The van der Waals surface area contributed by atoms with Gasteiger partial charge in [0.15, 0.2) is 34.6 Å². The summed E-state index contributed by atoms with van der Waals surface area (Å²) in [6, 6.07) is 11.4. The quantitative estimate of drug-likeness (QED) is 0.0282. The second-order valence-electron chi connectivity index (χ2n) is 20.1. The number of hydrogen-bond donors (Lipinski definition) is 8. The molecule has 7 rings (SSSR count). The molecule has 0 bridgehead atoms. The zero-order valence-corrected chi connectivity index (χ0v) is 44.4. The molecule has 2 aromatic heterocycles. The third-order valence-electron chi connectivity index (χ3n) is 13.2.